The highest BCUT2D eigenvalue weighted by Crippen LogP contribution is 2.10. The van der Waals surface area contributed by atoms with Crippen molar-refractivity contribution < 1.29 is 15.3 Å². The van der Waals surface area contributed by atoms with Crippen LogP contribution >= 0.6 is 0 Å². The lowest BCUT2D eigenvalue weighted by Gasteiger charge is -2.39. The molecule has 0 spiro atoms. The molecule has 0 aliphatic rings. The molecule has 0 rings (SSSR count). The zero-order valence-corrected chi connectivity index (χ0v) is 10.1. The number of nitrogens with zero attached hydrogens (tertiary/aromatic N) is 1. The lowest BCUT2D eigenvalue weighted by molar-refractivity contribution is 0.0220. The zero-order chi connectivity index (χ0) is 12.7. The molecule has 98 valence electrons. The number of nitrogens with two attached hydrogens (primary N) is 2. The molecule has 0 fully saturated rings. The molecular formula is C10H25N3O3. The van der Waals surface area contributed by atoms with Gasteiger partial charge < -0.3 is 26.8 Å². The van der Waals surface area contributed by atoms with Crippen molar-refractivity contribution in [2.24, 2.45) is 11.5 Å². The van der Waals surface area contributed by atoms with Gasteiger partial charge in [-0.05, 0) is 13.8 Å². The second-order valence-electron chi connectivity index (χ2n) is 4.18. The van der Waals surface area contributed by atoms with Crippen molar-refractivity contribution in [3.63, 3.8) is 0 Å². The Morgan fingerprint density at radius 1 is 0.938 bits per heavy atom. The molecule has 0 aliphatic carbocycles. The minimum Gasteiger partial charge on any atom is -0.395 e. The summed E-state index contributed by atoms with van der Waals surface area (Å²) >= 11 is 0. The van der Waals surface area contributed by atoms with Crippen molar-refractivity contribution in [1.29, 1.82) is 0 Å². The molecule has 0 heterocycles. The SMILES string of the molecule is CC(N)C(CO)N(CCO)C(CO)C(C)N. The first-order chi connectivity index (χ1) is 7.49. The van der Waals surface area contributed by atoms with Crippen LogP contribution in [0.15, 0.2) is 0 Å². The van der Waals surface area contributed by atoms with E-state index in [1.165, 1.54) is 0 Å². The average molecular weight is 235 g/mol. The largest absolute Gasteiger partial charge is 0.395 e. The van der Waals surface area contributed by atoms with Gasteiger partial charge in [0.25, 0.3) is 0 Å². The van der Waals surface area contributed by atoms with E-state index in [9.17, 15) is 10.2 Å². The van der Waals surface area contributed by atoms with Crippen LogP contribution in [0.25, 0.3) is 0 Å². The summed E-state index contributed by atoms with van der Waals surface area (Å²) in [6.07, 6.45) is 0. The minimum atomic E-state index is -0.310. The highest BCUT2D eigenvalue weighted by Gasteiger charge is 2.29. The van der Waals surface area contributed by atoms with Gasteiger partial charge in [-0.1, -0.05) is 0 Å². The maximum absolute atomic E-state index is 9.29. The minimum absolute atomic E-state index is 0.0631. The third kappa shape index (κ3) is 4.32. The number of aliphatic hydroxyl groups is 3. The quantitative estimate of drug-likeness (QED) is 0.323. The van der Waals surface area contributed by atoms with Gasteiger partial charge in [0.05, 0.1) is 19.8 Å². The molecule has 0 aromatic carbocycles. The van der Waals surface area contributed by atoms with E-state index in [4.69, 9.17) is 16.6 Å². The molecule has 0 aromatic rings. The van der Waals surface area contributed by atoms with E-state index in [-0.39, 0.29) is 44.0 Å². The van der Waals surface area contributed by atoms with Crippen molar-refractivity contribution in [3.05, 3.63) is 0 Å². The van der Waals surface area contributed by atoms with Crippen molar-refractivity contribution in [2.75, 3.05) is 26.4 Å². The molecule has 4 atom stereocenters. The van der Waals surface area contributed by atoms with E-state index in [0.29, 0.717) is 6.54 Å². The third-order valence-electron chi connectivity index (χ3n) is 2.80. The molecule has 7 N–H and O–H groups in total. The van der Waals surface area contributed by atoms with E-state index in [1.807, 2.05) is 0 Å². The fourth-order valence-corrected chi connectivity index (χ4v) is 1.84. The lowest BCUT2D eigenvalue weighted by atomic mass is 10.0. The molecule has 6 heteroatoms. The smallest absolute Gasteiger partial charge is 0.0602 e. The van der Waals surface area contributed by atoms with Crippen LogP contribution in [0.4, 0.5) is 0 Å². The van der Waals surface area contributed by atoms with Crippen molar-refractivity contribution in [1.82, 2.24) is 4.90 Å². The Kier molecular flexibility index (Phi) is 7.82. The second-order valence-corrected chi connectivity index (χ2v) is 4.18. The molecule has 0 bridgehead atoms. The van der Waals surface area contributed by atoms with E-state index in [1.54, 1.807) is 18.7 Å². The molecule has 0 saturated heterocycles. The normalized spacial score (nSPS) is 19.5. The Morgan fingerprint density at radius 3 is 1.50 bits per heavy atom. The van der Waals surface area contributed by atoms with Gasteiger partial charge in [0.15, 0.2) is 0 Å². The Balaban J connectivity index is 4.79. The molecule has 16 heavy (non-hydrogen) atoms. The number of aliphatic hydroxyl groups excluding tert-OH is 3. The van der Waals surface area contributed by atoms with Gasteiger partial charge in [-0.25, -0.2) is 0 Å². The van der Waals surface area contributed by atoms with Gasteiger partial charge in [0.1, 0.15) is 0 Å². The van der Waals surface area contributed by atoms with E-state index in [0.717, 1.165) is 0 Å². The van der Waals surface area contributed by atoms with Gasteiger partial charge in [0.2, 0.25) is 0 Å². The van der Waals surface area contributed by atoms with Crippen LogP contribution in [0.1, 0.15) is 13.8 Å². The Bertz CT molecular complexity index is 163. The summed E-state index contributed by atoms with van der Waals surface area (Å²) < 4.78 is 0. The van der Waals surface area contributed by atoms with Crippen LogP contribution < -0.4 is 11.5 Å². The van der Waals surface area contributed by atoms with E-state index < -0.39 is 0 Å². The molecule has 0 radical (unpaired) electrons. The highest BCUT2D eigenvalue weighted by atomic mass is 16.3. The number of rotatable bonds is 8. The van der Waals surface area contributed by atoms with Crippen LogP contribution in [0.3, 0.4) is 0 Å². The molecule has 0 saturated carbocycles. The van der Waals surface area contributed by atoms with E-state index in [2.05, 4.69) is 0 Å². The first kappa shape index (κ1) is 15.8. The van der Waals surface area contributed by atoms with Gasteiger partial charge in [0, 0.05) is 30.7 Å². The molecule has 4 unspecified atom stereocenters. The van der Waals surface area contributed by atoms with Gasteiger partial charge in [-0.3, -0.25) is 4.90 Å². The average Bonchev–Trinajstić information content (AvgIpc) is 2.18. The van der Waals surface area contributed by atoms with Crippen LogP contribution in [0.5, 0.6) is 0 Å². The first-order valence-corrected chi connectivity index (χ1v) is 5.59. The van der Waals surface area contributed by atoms with Gasteiger partial charge in [-0.15, -0.1) is 0 Å². The van der Waals surface area contributed by atoms with Crippen molar-refractivity contribution in [3.8, 4) is 0 Å². The van der Waals surface area contributed by atoms with E-state index >= 15 is 0 Å². The Hall–Kier alpha value is -0.240. The molecule has 0 aromatic heterocycles. The molecule has 0 aliphatic heterocycles. The first-order valence-electron chi connectivity index (χ1n) is 5.59. The maximum Gasteiger partial charge on any atom is 0.0602 e. The number of hydrogen-bond acceptors (Lipinski definition) is 6. The zero-order valence-electron chi connectivity index (χ0n) is 10.1. The molecular weight excluding hydrogens is 210 g/mol. The van der Waals surface area contributed by atoms with Gasteiger partial charge >= 0.3 is 0 Å². The molecule has 6 nitrogen and oxygen atoms in total. The predicted octanol–water partition coefficient (Wildman–Crippen LogP) is -2.30. The maximum atomic E-state index is 9.29. The van der Waals surface area contributed by atoms with Crippen molar-refractivity contribution >= 4 is 0 Å². The topological polar surface area (TPSA) is 116 Å². The second kappa shape index (κ2) is 7.94. The van der Waals surface area contributed by atoms with Crippen LogP contribution in [0, 0.1) is 0 Å². The predicted molar refractivity (Wildman–Crippen MR) is 62.8 cm³/mol. The van der Waals surface area contributed by atoms with Gasteiger partial charge in [-0.2, -0.15) is 0 Å². The fraction of sp³-hybridized carbons (Fsp3) is 1.00. The summed E-state index contributed by atoms with van der Waals surface area (Å²) in [6, 6.07) is -1.14. The summed E-state index contributed by atoms with van der Waals surface area (Å²) in [4.78, 5) is 1.77. The van der Waals surface area contributed by atoms with Crippen LogP contribution in [0.2, 0.25) is 0 Å². The highest BCUT2D eigenvalue weighted by molar-refractivity contribution is 4.87. The Morgan fingerprint density at radius 2 is 1.31 bits per heavy atom. The molecule has 0 amide bonds. The van der Waals surface area contributed by atoms with Crippen LogP contribution in [-0.2, 0) is 0 Å². The summed E-state index contributed by atoms with van der Waals surface area (Å²) in [7, 11) is 0. The fourth-order valence-electron chi connectivity index (χ4n) is 1.84. The summed E-state index contributed by atoms with van der Waals surface area (Å²) in [5.41, 5.74) is 11.5. The standard InChI is InChI=1S/C10H25N3O3/c1-7(11)9(5-15)13(3-4-14)10(6-16)8(2)12/h7-10,14-16H,3-6,11-12H2,1-2H3. The lowest BCUT2D eigenvalue weighted by Crippen LogP contribution is -2.59. The monoisotopic (exact) mass is 235 g/mol. The van der Waals surface area contributed by atoms with Crippen LogP contribution in [-0.4, -0.2) is 70.8 Å². The Labute approximate surface area is 96.8 Å². The summed E-state index contributed by atoms with van der Waals surface area (Å²) in [5.74, 6) is 0. The summed E-state index contributed by atoms with van der Waals surface area (Å²) in [5, 5.41) is 27.6. The third-order valence-corrected chi connectivity index (χ3v) is 2.80. The number of hydrogen-bond donors (Lipinski definition) is 5. The summed E-state index contributed by atoms with van der Waals surface area (Å²) in [6.45, 7) is 3.58. The van der Waals surface area contributed by atoms with Crippen molar-refractivity contribution in [2.45, 2.75) is 38.0 Å².